The number of carbonyl (C=O) groups is 1. The smallest absolute Gasteiger partial charge is 0.410 e. The van der Waals surface area contributed by atoms with Crippen LogP contribution in [-0.4, -0.2) is 59.2 Å². The summed E-state index contributed by atoms with van der Waals surface area (Å²) in [5, 5.41) is 18.5. The summed E-state index contributed by atoms with van der Waals surface area (Å²) in [5.41, 5.74) is 0.698. The van der Waals surface area contributed by atoms with Gasteiger partial charge in [-0.3, -0.25) is 0 Å². The number of aryl methyl sites for hydroxylation is 1. The SMILES string of the molecule is CC.CC(C)(C)OC(=O)N1CCCC1C(O)CO.COc1cccc(C)c1. The Labute approximate surface area is 164 Å². The second kappa shape index (κ2) is 12.6. The van der Waals surface area contributed by atoms with Crippen LogP contribution in [0, 0.1) is 6.92 Å². The van der Waals surface area contributed by atoms with Crippen LogP contribution in [0.1, 0.15) is 53.0 Å². The Morgan fingerprint density at radius 2 is 1.96 bits per heavy atom. The number of aliphatic hydroxyl groups excluding tert-OH is 2. The number of hydrogen-bond acceptors (Lipinski definition) is 5. The van der Waals surface area contributed by atoms with E-state index in [1.165, 1.54) is 10.5 Å². The first-order valence-corrected chi connectivity index (χ1v) is 9.57. The molecule has 2 unspecified atom stereocenters. The summed E-state index contributed by atoms with van der Waals surface area (Å²) in [4.78, 5) is 13.3. The molecule has 1 aliphatic rings. The lowest BCUT2D eigenvalue weighted by Gasteiger charge is -2.30. The van der Waals surface area contributed by atoms with Crippen molar-refractivity contribution >= 4 is 6.09 Å². The van der Waals surface area contributed by atoms with Crippen LogP contribution in [0.4, 0.5) is 4.79 Å². The van der Waals surface area contributed by atoms with Crippen molar-refractivity contribution in [1.82, 2.24) is 4.90 Å². The standard InChI is InChI=1S/C11H21NO4.C8H10O.C2H6/c1-11(2,3)16-10(15)12-6-4-5-8(12)9(14)7-13;1-7-4-3-5-8(6-7)9-2;1-2/h8-9,13-14H,4-7H2,1-3H3;3-6H,1-2H3;1-2H3. The molecule has 1 saturated heterocycles. The molecule has 1 heterocycles. The van der Waals surface area contributed by atoms with Crippen LogP contribution in [0.5, 0.6) is 5.75 Å². The normalized spacial score (nSPS) is 17.1. The number of aliphatic hydroxyl groups is 2. The van der Waals surface area contributed by atoms with Crippen molar-refractivity contribution in [3.05, 3.63) is 29.8 Å². The van der Waals surface area contributed by atoms with Gasteiger partial charge in [0.25, 0.3) is 0 Å². The highest BCUT2D eigenvalue weighted by Crippen LogP contribution is 2.23. The number of methoxy groups -OCH3 is 1. The van der Waals surface area contributed by atoms with Gasteiger partial charge in [0, 0.05) is 6.54 Å². The van der Waals surface area contributed by atoms with Gasteiger partial charge in [-0.15, -0.1) is 0 Å². The molecule has 1 aromatic rings. The molecule has 27 heavy (non-hydrogen) atoms. The van der Waals surface area contributed by atoms with Crippen molar-refractivity contribution in [3.63, 3.8) is 0 Å². The maximum atomic E-state index is 11.8. The fourth-order valence-electron chi connectivity index (χ4n) is 2.60. The van der Waals surface area contributed by atoms with Gasteiger partial charge in [-0.1, -0.05) is 26.0 Å². The molecule has 2 N–H and O–H groups in total. The van der Waals surface area contributed by atoms with Crippen LogP contribution in [-0.2, 0) is 4.74 Å². The van der Waals surface area contributed by atoms with E-state index in [1.807, 2.05) is 45.0 Å². The van der Waals surface area contributed by atoms with Gasteiger partial charge in [0.15, 0.2) is 0 Å². The zero-order valence-corrected chi connectivity index (χ0v) is 17.9. The van der Waals surface area contributed by atoms with Gasteiger partial charge in [-0.25, -0.2) is 4.79 Å². The molecule has 1 amide bonds. The zero-order valence-electron chi connectivity index (χ0n) is 17.9. The van der Waals surface area contributed by atoms with Crippen molar-refractivity contribution < 1.29 is 24.5 Å². The summed E-state index contributed by atoms with van der Waals surface area (Å²) in [6, 6.07) is 7.64. The third-order valence-electron chi connectivity index (χ3n) is 3.78. The highest BCUT2D eigenvalue weighted by molar-refractivity contribution is 5.69. The average molecular weight is 384 g/mol. The average Bonchev–Trinajstić information content (AvgIpc) is 3.12. The second-order valence-electron chi connectivity index (χ2n) is 7.15. The van der Waals surface area contributed by atoms with E-state index in [1.54, 1.807) is 27.9 Å². The van der Waals surface area contributed by atoms with Crippen molar-refractivity contribution in [3.8, 4) is 5.75 Å². The maximum absolute atomic E-state index is 11.8. The number of benzene rings is 1. The molecule has 0 saturated carbocycles. The molecule has 1 aliphatic heterocycles. The Bertz CT molecular complexity index is 542. The van der Waals surface area contributed by atoms with Gasteiger partial charge >= 0.3 is 6.09 Å². The second-order valence-corrected chi connectivity index (χ2v) is 7.15. The Morgan fingerprint density at radius 1 is 1.33 bits per heavy atom. The molecule has 0 aromatic heterocycles. The van der Waals surface area contributed by atoms with Crippen LogP contribution in [0.25, 0.3) is 0 Å². The third-order valence-corrected chi connectivity index (χ3v) is 3.78. The topological polar surface area (TPSA) is 79.2 Å². The summed E-state index contributed by atoms with van der Waals surface area (Å²) in [6.45, 7) is 11.7. The van der Waals surface area contributed by atoms with Crippen LogP contribution >= 0.6 is 0 Å². The van der Waals surface area contributed by atoms with Gasteiger partial charge in [-0.05, 0) is 58.2 Å². The van der Waals surface area contributed by atoms with Gasteiger partial charge < -0.3 is 24.6 Å². The number of amides is 1. The first-order chi connectivity index (χ1) is 12.7. The van der Waals surface area contributed by atoms with E-state index >= 15 is 0 Å². The van der Waals surface area contributed by atoms with Crippen molar-refractivity contribution in [1.29, 1.82) is 0 Å². The number of nitrogens with zero attached hydrogens (tertiary/aromatic N) is 1. The first kappa shape index (κ1) is 25.2. The summed E-state index contributed by atoms with van der Waals surface area (Å²) in [7, 11) is 1.68. The number of hydrogen-bond donors (Lipinski definition) is 2. The van der Waals surface area contributed by atoms with E-state index in [-0.39, 0.29) is 12.6 Å². The summed E-state index contributed by atoms with van der Waals surface area (Å²) >= 11 is 0. The van der Waals surface area contributed by atoms with Crippen molar-refractivity contribution in [2.75, 3.05) is 20.3 Å². The zero-order chi connectivity index (χ0) is 21.0. The monoisotopic (exact) mass is 383 g/mol. The minimum Gasteiger partial charge on any atom is -0.497 e. The van der Waals surface area contributed by atoms with Gasteiger partial charge in [0.2, 0.25) is 0 Å². The van der Waals surface area contributed by atoms with Crippen LogP contribution < -0.4 is 4.74 Å². The molecular weight excluding hydrogens is 346 g/mol. The van der Waals surface area contributed by atoms with Crippen LogP contribution in [0.15, 0.2) is 24.3 Å². The molecule has 2 atom stereocenters. The number of likely N-dealkylation sites (tertiary alicyclic amines) is 1. The minimum atomic E-state index is -0.880. The molecule has 0 spiro atoms. The van der Waals surface area contributed by atoms with E-state index in [2.05, 4.69) is 0 Å². The molecular formula is C21H37NO5. The molecule has 1 aromatic carbocycles. The maximum Gasteiger partial charge on any atom is 0.410 e. The van der Waals surface area contributed by atoms with E-state index in [9.17, 15) is 9.90 Å². The minimum absolute atomic E-state index is 0.320. The fourth-order valence-corrected chi connectivity index (χ4v) is 2.60. The van der Waals surface area contributed by atoms with E-state index in [4.69, 9.17) is 14.6 Å². The predicted octanol–water partition coefficient (Wildman–Crippen LogP) is 3.77. The van der Waals surface area contributed by atoms with E-state index < -0.39 is 17.8 Å². The lowest BCUT2D eigenvalue weighted by atomic mass is 10.1. The highest BCUT2D eigenvalue weighted by atomic mass is 16.6. The third kappa shape index (κ3) is 9.63. The molecule has 6 heteroatoms. The van der Waals surface area contributed by atoms with E-state index in [0.29, 0.717) is 13.0 Å². The Balaban J connectivity index is 0.000000519. The quantitative estimate of drug-likeness (QED) is 0.831. The molecule has 0 bridgehead atoms. The van der Waals surface area contributed by atoms with Crippen LogP contribution in [0.2, 0.25) is 0 Å². The Hall–Kier alpha value is -1.79. The van der Waals surface area contributed by atoms with Gasteiger partial charge in [0.05, 0.1) is 25.9 Å². The number of carbonyl (C=O) groups excluding carboxylic acids is 1. The molecule has 156 valence electrons. The molecule has 0 aliphatic carbocycles. The van der Waals surface area contributed by atoms with Crippen molar-refractivity contribution in [2.24, 2.45) is 0 Å². The Morgan fingerprint density at radius 3 is 2.41 bits per heavy atom. The number of ether oxygens (including phenoxy) is 2. The summed E-state index contributed by atoms with van der Waals surface area (Å²) in [5.74, 6) is 0.926. The van der Waals surface area contributed by atoms with Gasteiger partial charge in [-0.2, -0.15) is 0 Å². The molecule has 0 radical (unpaired) electrons. The fraction of sp³-hybridized carbons (Fsp3) is 0.667. The molecule has 1 fully saturated rings. The van der Waals surface area contributed by atoms with Gasteiger partial charge in [0.1, 0.15) is 11.4 Å². The highest BCUT2D eigenvalue weighted by Gasteiger charge is 2.35. The summed E-state index contributed by atoms with van der Waals surface area (Å²) < 4.78 is 10.2. The lowest BCUT2D eigenvalue weighted by molar-refractivity contribution is -0.00623. The summed E-state index contributed by atoms with van der Waals surface area (Å²) in [6.07, 6.45) is 0.250. The first-order valence-electron chi connectivity index (χ1n) is 9.57. The van der Waals surface area contributed by atoms with Crippen LogP contribution in [0.3, 0.4) is 0 Å². The lowest BCUT2D eigenvalue weighted by Crippen LogP contribution is -2.46. The molecule has 2 rings (SSSR count). The largest absolute Gasteiger partial charge is 0.497 e. The van der Waals surface area contributed by atoms with Crippen molar-refractivity contribution in [2.45, 2.75) is 72.1 Å². The number of rotatable bonds is 3. The molecule has 6 nitrogen and oxygen atoms in total. The van der Waals surface area contributed by atoms with E-state index in [0.717, 1.165) is 12.2 Å². The predicted molar refractivity (Wildman–Crippen MR) is 108 cm³/mol. The Kier molecular flexibility index (Phi) is 11.7.